The fourth-order valence-corrected chi connectivity index (χ4v) is 9.57. The van der Waals surface area contributed by atoms with Gasteiger partial charge in [0.25, 0.3) is 5.91 Å². The smallest absolute Gasteiger partial charge is 0.408 e. The van der Waals surface area contributed by atoms with Crippen molar-refractivity contribution < 1.29 is 32.7 Å². The second-order valence-corrected chi connectivity index (χ2v) is 19.3. The number of nitrogens with one attached hydrogen (secondary N) is 2. The fraction of sp³-hybridized carbons (Fsp3) is 0.526. The van der Waals surface area contributed by atoms with E-state index in [4.69, 9.17) is 0 Å². The van der Waals surface area contributed by atoms with Gasteiger partial charge in [0.15, 0.2) is 0 Å². The predicted molar refractivity (Wildman–Crippen MR) is 199 cm³/mol. The Labute approximate surface area is 305 Å². The van der Waals surface area contributed by atoms with Crippen LogP contribution in [-0.2, 0) is 29.2 Å². The molecular formula is C38H50N4O7S2. The number of rotatable bonds is 11. The van der Waals surface area contributed by atoms with Crippen LogP contribution >= 0.6 is 11.8 Å². The predicted octanol–water partition coefficient (Wildman–Crippen LogP) is 5.38. The molecule has 2 aromatic rings. The molecule has 0 spiro atoms. The Bertz CT molecular complexity index is 1800. The van der Waals surface area contributed by atoms with Crippen molar-refractivity contribution in [3.8, 4) is 11.1 Å². The molecule has 2 aliphatic carbocycles. The monoisotopic (exact) mass is 738 g/mol. The summed E-state index contributed by atoms with van der Waals surface area (Å²) in [6, 6.07) is 15.6. The molecular weight excluding hydrogens is 689 g/mol. The third-order valence-electron chi connectivity index (χ3n) is 10.3. The zero-order chi connectivity index (χ0) is 37.7. The fourth-order valence-electron chi connectivity index (χ4n) is 7.24. The van der Waals surface area contributed by atoms with Crippen molar-refractivity contribution in [2.24, 2.45) is 11.3 Å². The number of likely N-dealkylation sites (tertiary alicyclic amines) is 1. The first-order chi connectivity index (χ1) is 23.7. The maximum absolute atomic E-state index is 14.9. The van der Waals surface area contributed by atoms with Gasteiger partial charge in [-0.1, -0.05) is 81.4 Å². The number of carbonyl (C=O) groups is 4. The van der Waals surface area contributed by atoms with Crippen molar-refractivity contribution in [1.82, 2.24) is 19.8 Å². The number of benzene rings is 2. The molecule has 1 aliphatic heterocycles. The number of hydrogen-bond donors (Lipinski definition) is 3. The number of carbonyl (C=O) groups excluding carboxylic acids is 3. The highest BCUT2D eigenvalue weighted by atomic mass is 32.2. The maximum atomic E-state index is 14.9. The lowest BCUT2D eigenvalue weighted by atomic mass is 9.82. The summed E-state index contributed by atoms with van der Waals surface area (Å²) < 4.78 is 26.9. The van der Waals surface area contributed by atoms with E-state index in [9.17, 15) is 32.7 Å². The van der Waals surface area contributed by atoms with Crippen LogP contribution in [0.25, 0.3) is 11.1 Å². The summed E-state index contributed by atoms with van der Waals surface area (Å²) >= 11 is 1.50. The zero-order valence-electron chi connectivity index (χ0n) is 30.4. The summed E-state index contributed by atoms with van der Waals surface area (Å²) in [5.41, 5.74) is -0.432. The lowest BCUT2D eigenvalue weighted by Gasteiger charge is -2.46. The van der Waals surface area contributed by atoms with Crippen molar-refractivity contribution in [3.05, 3.63) is 72.8 Å². The van der Waals surface area contributed by atoms with Crippen LogP contribution in [0.15, 0.2) is 67.3 Å². The lowest BCUT2D eigenvalue weighted by molar-refractivity contribution is -0.147. The first-order valence-electron chi connectivity index (χ1n) is 17.3. The number of amides is 4. The highest BCUT2D eigenvalue weighted by Crippen LogP contribution is 2.49. The van der Waals surface area contributed by atoms with Gasteiger partial charge in [0, 0.05) is 18.0 Å². The normalized spacial score (nSPS) is 25.4. The minimum Gasteiger partial charge on any atom is -0.465 e. The van der Waals surface area contributed by atoms with Crippen LogP contribution in [0.2, 0.25) is 0 Å². The molecule has 11 nitrogen and oxygen atoms in total. The van der Waals surface area contributed by atoms with E-state index in [1.165, 1.54) is 22.7 Å². The second-order valence-electron chi connectivity index (χ2n) is 16.1. The van der Waals surface area contributed by atoms with Crippen LogP contribution in [0.3, 0.4) is 0 Å². The van der Waals surface area contributed by atoms with Gasteiger partial charge in [-0.25, -0.2) is 13.2 Å². The van der Waals surface area contributed by atoms with Gasteiger partial charge in [0.1, 0.15) is 17.6 Å². The minimum atomic E-state index is -3.90. The average molecular weight is 739 g/mol. The van der Waals surface area contributed by atoms with E-state index >= 15 is 0 Å². The van der Waals surface area contributed by atoms with Crippen molar-refractivity contribution >= 4 is 45.6 Å². The number of sulfonamides is 1. The van der Waals surface area contributed by atoms with Crippen LogP contribution in [0, 0.1) is 11.3 Å². The van der Waals surface area contributed by atoms with E-state index < -0.39 is 78.3 Å². The highest BCUT2D eigenvalue weighted by molar-refractivity contribution is 7.99. The van der Waals surface area contributed by atoms with Gasteiger partial charge >= 0.3 is 6.09 Å². The van der Waals surface area contributed by atoms with E-state index in [2.05, 4.69) is 16.6 Å². The van der Waals surface area contributed by atoms with Crippen molar-refractivity contribution in [1.29, 1.82) is 0 Å². The molecule has 2 saturated carbocycles. The van der Waals surface area contributed by atoms with E-state index in [1.807, 2.05) is 60.9 Å². The molecule has 5 rings (SSSR count). The SMILES string of the molecule is C=C[C@@H]1C[C@]1(NC(=O)[C@@H]1C[C@@](SC)(c2ccc(-c3ccccc3)cc2)CN1C(=O)[C@@H](N(C(=O)O)C(C)(C)C)C(C)(C)C)C(=O)NS(=O)(=O)C1CC1. The van der Waals surface area contributed by atoms with Crippen LogP contribution in [0.5, 0.6) is 0 Å². The molecule has 5 atom stereocenters. The van der Waals surface area contributed by atoms with Gasteiger partial charge in [0.05, 0.1) is 10.00 Å². The Morgan fingerprint density at radius 2 is 1.57 bits per heavy atom. The van der Waals surface area contributed by atoms with Gasteiger partial charge in [-0.3, -0.25) is 24.0 Å². The second kappa shape index (κ2) is 13.6. The molecule has 4 amide bonds. The molecule has 3 fully saturated rings. The van der Waals surface area contributed by atoms with Crippen LogP contribution < -0.4 is 10.0 Å². The number of thioether (sulfide) groups is 1. The molecule has 3 N–H and O–H groups in total. The minimum absolute atomic E-state index is 0.0973. The zero-order valence-corrected chi connectivity index (χ0v) is 32.1. The Hall–Kier alpha value is -3.84. The van der Waals surface area contributed by atoms with Gasteiger partial charge in [-0.15, -0.1) is 6.58 Å². The quantitative estimate of drug-likeness (QED) is 0.260. The number of nitrogens with zero attached hydrogens (tertiary/aromatic N) is 2. The molecule has 0 unspecified atom stereocenters. The molecule has 1 heterocycles. The van der Waals surface area contributed by atoms with Crippen LogP contribution in [0.1, 0.15) is 72.8 Å². The Morgan fingerprint density at radius 3 is 2.04 bits per heavy atom. The number of carboxylic acid groups (broad SMARTS) is 1. The molecule has 13 heteroatoms. The Balaban J connectivity index is 1.55. The third-order valence-corrected chi connectivity index (χ3v) is 13.4. The summed E-state index contributed by atoms with van der Waals surface area (Å²) in [6.07, 6.45) is 3.43. The average Bonchev–Trinajstić information content (AvgIpc) is 3.99. The molecule has 0 aromatic heterocycles. The summed E-state index contributed by atoms with van der Waals surface area (Å²) in [5.74, 6) is -2.48. The molecule has 3 aliphatic rings. The molecule has 276 valence electrons. The van der Waals surface area contributed by atoms with Gasteiger partial charge in [-0.2, -0.15) is 11.8 Å². The molecule has 1 saturated heterocycles. The van der Waals surface area contributed by atoms with Gasteiger partial charge in [0.2, 0.25) is 21.8 Å². The largest absolute Gasteiger partial charge is 0.465 e. The summed E-state index contributed by atoms with van der Waals surface area (Å²) in [6.45, 7) is 14.5. The van der Waals surface area contributed by atoms with Crippen LogP contribution in [0.4, 0.5) is 4.79 Å². The lowest BCUT2D eigenvalue weighted by Crippen LogP contribution is -2.64. The molecule has 0 radical (unpaired) electrons. The van der Waals surface area contributed by atoms with E-state index in [1.54, 1.807) is 41.5 Å². The van der Waals surface area contributed by atoms with Crippen molar-refractivity contribution in [3.63, 3.8) is 0 Å². The van der Waals surface area contributed by atoms with Crippen molar-refractivity contribution in [2.45, 2.75) is 100 Å². The Kier molecular flexibility index (Phi) is 10.2. The first-order valence-corrected chi connectivity index (χ1v) is 20.0. The number of hydrogen-bond acceptors (Lipinski definition) is 7. The highest BCUT2D eigenvalue weighted by Gasteiger charge is 2.63. The van der Waals surface area contributed by atoms with Crippen LogP contribution in [-0.4, -0.2) is 88.4 Å². The molecule has 2 aromatic carbocycles. The molecule has 0 bridgehead atoms. The van der Waals surface area contributed by atoms with Crippen molar-refractivity contribution in [2.75, 3.05) is 12.8 Å². The maximum Gasteiger partial charge on any atom is 0.408 e. The van der Waals surface area contributed by atoms with E-state index in [-0.39, 0.29) is 19.4 Å². The third kappa shape index (κ3) is 7.55. The van der Waals surface area contributed by atoms with E-state index in [0.717, 1.165) is 21.6 Å². The molecule has 51 heavy (non-hydrogen) atoms. The Morgan fingerprint density at radius 1 is 0.980 bits per heavy atom. The van der Waals surface area contributed by atoms with E-state index in [0.29, 0.717) is 12.8 Å². The summed E-state index contributed by atoms with van der Waals surface area (Å²) in [7, 11) is -3.90. The standard InChI is InChI=1S/C38H50N4O7S2/c1-9-26-21-38(26,33(45)40-51(48,49)28-19-20-28)39-31(43)29-22-37(50-8,27-17-15-25(16-18-27)24-13-11-10-12-14-24)23-41(29)32(44)30(35(2,3)4)42(34(46)47)36(5,6)7/h9-18,26,28-30H,1,19-23H2,2-8H3,(H,39,43)(H,40,45)(H,46,47)/t26-,29+,30-,37+,38-/m1/s1. The first kappa shape index (κ1) is 38.4. The summed E-state index contributed by atoms with van der Waals surface area (Å²) in [4.78, 5) is 58.5. The van der Waals surface area contributed by atoms with Gasteiger partial charge in [-0.05, 0) is 74.8 Å². The topological polar surface area (TPSA) is 153 Å². The summed E-state index contributed by atoms with van der Waals surface area (Å²) in [5, 5.41) is 12.7. The van der Waals surface area contributed by atoms with Gasteiger partial charge < -0.3 is 15.3 Å².